The van der Waals surface area contributed by atoms with E-state index >= 15 is 0 Å². The van der Waals surface area contributed by atoms with E-state index in [9.17, 15) is 4.79 Å². The van der Waals surface area contributed by atoms with Crippen LogP contribution in [-0.2, 0) is 0 Å². The number of piperazine rings is 1. The summed E-state index contributed by atoms with van der Waals surface area (Å²) in [6.45, 7) is 6.87. The Labute approximate surface area is 171 Å². The van der Waals surface area contributed by atoms with Crippen molar-refractivity contribution in [2.24, 2.45) is 0 Å². The molecule has 29 heavy (non-hydrogen) atoms. The maximum absolute atomic E-state index is 12.7. The third kappa shape index (κ3) is 4.21. The summed E-state index contributed by atoms with van der Waals surface area (Å²) in [5.41, 5.74) is 5.13. The van der Waals surface area contributed by atoms with Crippen LogP contribution in [-0.4, -0.2) is 47.1 Å². The summed E-state index contributed by atoms with van der Waals surface area (Å²) in [7, 11) is 0. The van der Waals surface area contributed by atoms with Crippen molar-refractivity contribution < 1.29 is 4.79 Å². The number of aryl methyl sites for hydroxylation is 1. The van der Waals surface area contributed by atoms with E-state index in [1.54, 1.807) is 6.33 Å². The molecule has 0 saturated carbocycles. The number of nitrogens with one attached hydrogen (secondary N) is 1. The monoisotopic (exact) mass is 387 g/mol. The van der Waals surface area contributed by atoms with Gasteiger partial charge in [0.1, 0.15) is 12.1 Å². The van der Waals surface area contributed by atoms with Crippen LogP contribution >= 0.6 is 0 Å². The van der Waals surface area contributed by atoms with E-state index in [4.69, 9.17) is 0 Å². The fourth-order valence-corrected chi connectivity index (χ4v) is 3.51. The SMILES string of the molecule is Cc1cccc(NC(=O)N2CCN(c3cc(-c4ccccc4)ncn3)CC2)c1C. The molecule has 0 unspecified atom stereocenters. The van der Waals surface area contributed by atoms with Gasteiger partial charge in [0, 0.05) is 43.5 Å². The number of aromatic nitrogens is 2. The maximum atomic E-state index is 12.7. The minimum absolute atomic E-state index is 0.0500. The summed E-state index contributed by atoms with van der Waals surface area (Å²) in [4.78, 5) is 25.6. The zero-order chi connectivity index (χ0) is 20.2. The molecule has 1 fully saturated rings. The Morgan fingerprint density at radius 3 is 2.45 bits per heavy atom. The van der Waals surface area contributed by atoms with Crippen molar-refractivity contribution in [1.29, 1.82) is 0 Å². The van der Waals surface area contributed by atoms with Gasteiger partial charge in [-0.15, -0.1) is 0 Å². The number of nitrogens with zero attached hydrogens (tertiary/aromatic N) is 4. The number of urea groups is 1. The highest BCUT2D eigenvalue weighted by molar-refractivity contribution is 5.90. The summed E-state index contributed by atoms with van der Waals surface area (Å²) in [6, 6.07) is 18.0. The highest BCUT2D eigenvalue weighted by Crippen LogP contribution is 2.22. The molecule has 6 nitrogen and oxygen atoms in total. The van der Waals surface area contributed by atoms with Gasteiger partial charge in [-0.05, 0) is 31.0 Å². The first-order chi connectivity index (χ1) is 14.1. The largest absolute Gasteiger partial charge is 0.353 e. The van der Waals surface area contributed by atoms with E-state index in [1.807, 2.05) is 60.4 Å². The molecule has 0 atom stereocenters. The maximum Gasteiger partial charge on any atom is 0.321 e. The van der Waals surface area contributed by atoms with Crippen molar-refractivity contribution in [3.8, 4) is 11.3 Å². The van der Waals surface area contributed by atoms with Crippen molar-refractivity contribution in [2.45, 2.75) is 13.8 Å². The fraction of sp³-hybridized carbons (Fsp3) is 0.261. The number of hydrogen-bond donors (Lipinski definition) is 1. The van der Waals surface area contributed by atoms with Crippen LogP contribution in [0.5, 0.6) is 0 Å². The second kappa shape index (κ2) is 8.31. The number of anilines is 2. The van der Waals surface area contributed by atoms with E-state index in [0.29, 0.717) is 13.1 Å². The average molecular weight is 387 g/mol. The van der Waals surface area contributed by atoms with Gasteiger partial charge in [-0.1, -0.05) is 42.5 Å². The quantitative estimate of drug-likeness (QED) is 0.735. The molecule has 0 aliphatic carbocycles. The molecule has 1 aromatic heterocycles. The lowest BCUT2D eigenvalue weighted by Gasteiger charge is -2.35. The first-order valence-electron chi connectivity index (χ1n) is 9.86. The Hall–Kier alpha value is -3.41. The van der Waals surface area contributed by atoms with Crippen LogP contribution in [0.4, 0.5) is 16.3 Å². The molecule has 1 saturated heterocycles. The summed E-state index contributed by atoms with van der Waals surface area (Å²) < 4.78 is 0. The lowest BCUT2D eigenvalue weighted by molar-refractivity contribution is 0.208. The number of rotatable bonds is 3. The predicted molar refractivity (Wildman–Crippen MR) is 116 cm³/mol. The molecule has 2 amide bonds. The van der Waals surface area contributed by atoms with Crippen LogP contribution in [0.2, 0.25) is 0 Å². The predicted octanol–water partition coefficient (Wildman–Crippen LogP) is 4.11. The molecule has 1 N–H and O–H groups in total. The Morgan fingerprint density at radius 1 is 0.931 bits per heavy atom. The van der Waals surface area contributed by atoms with Crippen LogP contribution < -0.4 is 10.2 Å². The summed E-state index contributed by atoms with van der Waals surface area (Å²) in [5, 5.41) is 3.05. The fourth-order valence-electron chi connectivity index (χ4n) is 3.51. The first-order valence-corrected chi connectivity index (χ1v) is 9.86. The molecular formula is C23H25N5O. The van der Waals surface area contributed by atoms with E-state index in [1.165, 1.54) is 5.56 Å². The van der Waals surface area contributed by atoms with E-state index < -0.39 is 0 Å². The Balaban J connectivity index is 1.39. The third-order valence-electron chi connectivity index (χ3n) is 5.46. The standard InChI is InChI=1S/C23H25N5O/c1-17-7-6-10-20(18(17)2)26-23(29)28-13-11-27(12-14-28)22-15-21(24-16-25-22)19-8-4-3-5-9-19/h3-10,15-16H,11-14H2,1-2H3,(H,26,29). The number of hydrogen-bond acceptors (Lipinski definition) is 4. The van der Waals surface area contributed by atoms with Gasteiger partial charge in [0.15, 0.2) is 0 Å². The van der Waals surface area contributed by atoms with Crippen LogP contribution in [0.1, 0.15) is 11.1 Å². The van der Waals surface area contributed by atoms with Gasteiger partial charge in [0.05, 0.1) is 5.69 Å². The summed E-state index contributed by atoms with van der Waals surface area (Å²) in [5.74, 6) is 0.897. The average Bonchev–Trinajstić information content (AvgIpc) is 2.78. The third-order valence-corrected chi connectivity index (χ3v) is 5.46. The Kier molecular flexibility index (Phi) is 5.42. The smallest absolute Gasteiger partial charge is 0.321 e. The van der Waals surface area contributed by atoms with Gasteiger partial charge >= 0.3 is 6.03 Å². The Bertz CT molecular complexity index is 997. The lowest BCUT2D eigenvalue weighted by Crippen LogP contribution is -2.50. The van der Waals surface area contributed by atoms with Crippen molar-refractivity contribution in [1.82, 2.24) is 14.9 Å². The first kappa shape index (κ1) is 18.9. The highest BCUT2D eigenvalue weighted by Gasteiger charge is 2.22. The molecule has 0 radical (unpaired) electrons. The van der Waals surface area contributed by atoms with Crippen molar-refractivity contribution >= 4 is 17.5 Å². The van der Waals surface area contributed by atoms with Crippen LogP contribution in [0.25, 0.3) is 11.3 Å². The molecule has 1 aliphatic rings. The highest BCUT2D eigenvalue weighted by atomic mass is 16.2. The van der Waals surface area contributed by atoms with Gasteiger partial charge in [0.2, 0.25) is 0 Å². The molecule has 4 rings (SSSR count). The number of benzene rings is 2. The molecule has 2 heterocycles. The van der Waals surface area contributed by atoms with Gasteiger partial charge in [0.25, 0.3) is 0 Å². The molecule has 3 aromatic rings. The van der Waals surface area contributed by atoms with Crippen molar-refractivity contribution in [3.63, 3.8) is 0 Å². The van der Waals surface area contributed by atoms with Gasteiger partial charge in [-0.25, -0.2) is 14.8 Å². The topological polar surface area (TPSA) is 61.4 Å². The molecule has 0 bridgehead atoms. The number of amides is 2. The lowest BCUT2D eigenvalue weighted by atomic mass is 10.1. The second-order valence-corrected chi connectivity index (χ2v) is 7.28. The molecule has 1 aliphatic heterocycles. The van der Waals surface area contributed by atoms with E-state index in [2.05, 4.69) is 33.2 Å². The number of carbonyl (C=O) groups is 1. The molecule has 2 aromatic carbocycles. The minimum Gasteiger partial charge on any atom is -0.353 e. The van der Waals surface area contributed by atoms with Crippen molar-refractivity contribution in [3.05, 3.63) is 72.1 Å². The summed E-state index contributed by atoms with van der Waals surface area (Å²) >= 11 is 0. The van der Waals surface area contributed by atoms with Crippen LogP contribution in [0, 0.1) is 13.8 Å². The second-order valence-electron chi connectivity index (χ2n) is 7.28. The zero-order valence-corrected chi connectivity index (χ0v) is 16.8. The van der Waals surface area contributed by atoms with E-state index in [0.717, 1.165) is 41.4 Å². The van der Waals surface area contributed by atoms with Crippen molar-refractivity contribution in [2.75, 3.05) is 36.4 Å². The van der Waals surface area contributed by atoms with Crippen LogP contribution in [0.15, 0.2) is 60.9 Å². The van der Waals surface area contributed by atoms with Crippen LogP contribution in [0.3, 0.4) is 0 Å². The van der Waals surface area contributed by atoms with Gasteiger partial charge in [-0.3, -0.25) is 0 Å². The molecule has 6 heteroatoms. The normalized spacial score (nSPS) is 14.0. The Morgan fingerprint density at radius 2 is 1.69 bits per heavy atom. The van der Waals surface area contributed by atoms with E-state index in [-0.39, 0.29) is 6.03 Å². The minimum atomic E-state index is -0.0500. The molecular weight excluding hydrogens is 362 g/mol. The summed E-state index contributed by atoms with van der Waals surface area (Å²) in [6.07, 6.45) is 1.61. The molecule has 148 valence electrons. The molecule has 0 spiro atoms. The van der Waals surface area contributed by atoms with Gasteiger partial charge in [-0.2, -0.15) is 0 Å². The number of carbonyl (C=O) groups excluding carboxylic acids is 1. The van der Waals surface area contributed by atoms with Gasteiger partial charge < -0.3 is 15.1 Å². The zero-order valence-electron chi connectivity index (χ0n) is 16.8.